The van der Waals surface area contributed by atoms with Crippen LogP contribution in [0.1, 0.15) is 12.5 Å². The van der Waals surface area contributed by atoms with Crippen LogP contribution in [-0.2, 0) is 6.42 Å². The Morgan fingerprint density at radius 1 is 1.45 bits per heavy atom. The Labute approximate surface area is 72.8 Å². The van der Waals surface area contributed by atoms with Gasteiger partial charge in [0.25, 0.3) is 0 Å². The van der Waals surface area contributed by atoms with Crippen molar-refractivity contribution in [1.82, 2.24) is 0 Å². The van der Waals surface area contributed by atoms with Crippen LogP contribution in [0.5, 0.6) is 5.75 Å². The summed E-state index contributed by atoms with van der Waals surface area (Å²) in [5.74, 6) is 0.949. The number of rotatable bonds is 2. The van der Waals surface area contributed by atoms with Crippen molar-refractivity contribution in [3.8, 4) is 5.75 Å². The van der Waals surface area contributed by atoms with Crippen molar-refractivity contribution in [2.75, 3.05) is 7.11 Å². The summed E-state index contributed by atoms with van der Waals surface area (Å²) in [5.41, 5.74) is 1.21. The molecule has 2 heteroatoms. The molecule has 0 aromatic heterocycles. The summed E-state index contributed by atoms with van der Waals surface area (Å²) >= 11 is 4.24. The first-order valence-electron chi connectivity index (χ1n) is 3.63. The maximum absolute atomic E-state index is 5.16. The van der Waals surface area contributed by atoms with Crippen LogP contribution in [-0.4, -0.2) is 7.11 Å². The van der Waals surface area contributed by atoms with Crippen molar-refractivity contribution >= 4 is 12.6 Å². The maximum atomic E-state index is 5.16. The summed E-state index contributed by atoms with van der Waals surface area (Å²) in [6.07, 6.45) is 0.984. The van der Waals surface area contributed by atoms with Gasteiger partial charge in [-0.25, -0.2) is 0 Å². The van der Waals surface area contributed by atoms with Crippen LogP contribution >= 0.6 is 12.6 Å². The van der Waals surface area contributed by atoms with Gasteiger partial charge in [0.05, 0.1) is 7.11 Å². The van der Waals surface area contributed by atoms with E-state index >= 15 is 0 Å². The fourth-order valence-corrected chi connectivity index (χ4v) is 1.27. The molecule has 0 heterocycles. The highest BCUT2D eigenvalue weighted by molar-refractivity contribution is 7.80. The van der Waals surface area contributed by atoms with Gasteiger partial charge in [0, 0.05) is 4.90 Å². The Bertz CT molecular complexity index is 245. The van der Waals surface area contributed by atoms with E-state index < -0.39 is 0 Å². The van der Waals surface area contributed by atoms with Crippen molar-refractivity contribution < 1.29 is 4.74 Å². The van der Waals surface area contributed by atoms with E-state index in [4.69, 9.17) is 4.74 Å². The molecule has 0 radical (unpaired) electrons. The third kappa shape index (κ3) is 1.90. The molecule has 0 aliphatic rings. The minimum absolute atomic E-state index is 0.949. The van der Waals surface area contributed by atoms with Gasteiger partial charge in [-0.2, -0.15) is 0 Å². The Morgan fingerprint density at radius 3 is 2.73 bits per heavy atom. The number of hydrogen-bond donors (Lipinski definition) is 1. The van der Waals surface area contributed by atoms with Gasteiger partial charge in [0.15, 0.2) is 0 Å². The smallest absolute Gasteiger partial charge is 0.122 e. The van der Waals surface area contributed by atoms with Gasteiger partial charge < -0.3 is 4.74 Å². The SMILES string of the molecule is CCc1cc(S)ccc1OC. The number of benzene rings is 1. The van der Waals surface area contributed by atoms with Gasteiger partial charge >= 0.3 is 0 Å². The van der Waals surface area contributed by atoms with Gasteiger partial charge in [-0.3, -0.25) is 0 Å². The van der Waals surface area contributed by atoms with Crippen LogP contribution in [0, 0.1) is 0 Å². The Hall–Kier alpha value is -0.630. The number of thiol groups is 1. The topological polar surface area (TPSA) is 9.23 Å². The fourth-order valence-electron chi connectivity index (χ4n) is 1.04. The van der Waals surface area contributed by atoms with E-state index in [2.05, 4.69) is 19.6 Å². The van der Waals surface area contributed by atoms with E-state index in [1.807, 2.05) is 18.2 Å². The molecule has 11 heavy (non-hydrogen) atoms. The van der Waals surface area contributed by atoms with E-state index in [1.54, 1.807) is 7.11 Å². The van der Waals surface area contributed by atoms with E-state index in [9.17, 15) is 0 Å². The molecule has 1 aromatic carbocycles. The number of aryl methyl sites for hydroxylation is 1. The van der Waals surface area contributed by atoms with Crippen LogP contribution in [0.4, 0.5) is 0 Å². The average molecular weight is 168 g/mol. The summed E-state index contributed by atoms with van der Waals surface area (Å²) in [4.78, 5) is 0.989. The molecule has 0 aliphatic carbocycles. The minimum Gasteiger partial charge on any atom is -0.496 e. The summed E-state index contributed by atoms with van der Waals surface area (Å²) in [6.45, 7) is 2.10. The lowest BCUT2D eigenvalue weighted by Crippen LogP contribution is -1.89. The number of hydrogen-bond acceptors (Lipinski definition) is 2. The van der Waals surface area contributed by atoms with E-state index in [1.165, 1.54) is 5.56 Å². The van der Waals surface area contributed by atoms with Crippen molar-refractivity contribution in [3.63, 3.8) is 0 Å². The van der Waals surface area contributed by atoms with Gasteiger partial charge in [-0.05, 0) is 30.2 Å². The number of ether oxygens (including phenoxy) is 1. The Morgan fingerprint density at radius 2 is 2.18 bits per heavy atom. The number of methoxy groups -OCH3 is 1. The highest BCUT2D eigenvalue weighted by atomic mass is 32.1. The lowest BCUT2D eigenvalue weighted by Gasteiger charge is -2.05. The largest absolute Gasteiger partial charge is 0.496 e. The molecule has 0 spiro atoms. The lowest BCUT2D eigenvalue weighted by molar-refractivity contribution is 0.410. The minimum atomic E-state index is 0.949. The maximum Gasteiger partial charge on any atom is 0.122 e. The fraction of sp³-hybridized carbons (Fsp3) is 0.333. The molecule has 0 amide bonds. The van der Waals surface area contributed by atoms with Crippen molar-refractivity contribution in [2.24, 2.45) is 0 Å². The van der Waals surface area contributed by atoms with Crippen molar-refractivity contribution in [3.05, 3.63) is 23.8 Å². The van der Waals surface area contributed by atoms with Crippen molar-refractivity contribution in [1.29, 1.82) is 0 Å². The normalized spacial score (nSPS) is 9.73. The third-order valence-corrected chi connectivity index (χ3v) is 1.92. The van der Waals surface area contributed by atoms with E-state index in [-0.39, 0.29) is 0 Å². The monoisotopic (exact) mass is 168 g/mol. The van der Waals surface area contributed by atoms with Crippen LogP contribution in [0.2, 0.25) is 0 Å². The molecule has 1 nitrogen and oxygen atoms in total. The van der Waals surface area contributed by atoms with Crippen LogP contribution < -0.4 is 4.74 Å². The van der Waals surface area contributed by atoms with Gasteiger partial charge in [-0.15, -0.1) is 12.6 Å². The molecule has 60 valence electrons. The molecule has 0 saturated heterocycles. The molecular weight excluding hydrogens is 156 g/mol. The van der Waals surface area contributed by atoms with Gasteiger partial charge in [0.1, 0.15) is 5.75 Å². The van der Waals surface area contributed by atoms with Crippen molar-refractivity contribution in [2.45, 2.75) is 18.2 Å². The highest BCUT2D eigenvalue weighted by Gasteiger charge is 1.99. The summed E-state index contributed by atoms with van der Waals surface area (Å²) in [7, 11) is 1.69. The summed E-state index contributed by atoms with van der Waals surface area (Å²) < 4.78 is 5.16. The zero-order valence-corrected chi connectivity index (χ0v) is 7.69. The first-order valence-corrected chi connectivity index (χ1v) is 4.08. The second kappa shape index (κ2) is 3.67. The molecule has 1 aromatic rings. The second-order valence-corrected chi connectivity index (χ2v) is 2.87. The molecular formula is C9H12OS. The zero-order chi connectivity index (χ0) is 8.27. The van der Waals surface area contributed by atoms with Gasteiger partial charge in [-0.1, -0.05) is 6.92 Å². The predicted octanol–water partition coefficient (Wildman–Crippen LogP) is 2.55. The Balaban J connectivity index is 3.06. The van der Waals surface area contributed by atoms with E-state index in [0.717, 1.165) is 17.1 Å². The first-order chi connectivity index (χ1) is 5.27. The predicted molar refractivity (Wildman–Crippen MR) is 49.6 cm³/mol. The third-order valence-electron chi connectivity index (χ3n) is 1.64. The second-order valence-electron chi connectivity index (χ2n) is 2.35. The quantitative estimate of drug-likeness (QED) is 0.668. The molecule has 0 atom stereocenters. The standard InChI is InChI=1S/C9H12OS/c1-3-7-6-8(11)4-5-9(7)10-2/h4-6,11H,3H2,1-2H3. The lowest BCUT2D eigenvalue weighted by atomic mass is 10.1. The highest BCUT2D eigenvalue weighted by Crippen LogP contribution is 2.21. The van der Waals surface area contributed by atoms with Crippen LogP contribution in [0.3, 0.4) is 0 Å². The summed E-state index contributed by atoms with van der Waals surface area (Å²) in [5, 5.41) is 0. The molecule has 0 bridgehead atoms. The molecule has 0 aliphatic heterocycles. The summed E-state index contributed by atoms with van der Waals surface area (Å²) in [6, 6.07) is 5.91. The van der Waals surface area contributed by atoms with Gasteiger partial charge in [0.2, 0.25) is 0 Å². The Kier molecular flexibility index (Phi) is 2.83. The van der Waals surface area contributed by atoms with Crippen LogP contribution in [0.25, 0.3) is 0 Å². The average Bonchev–Trinajstić information content (AvgIpc) is 2.04. The molecule has 0 saturated carbocycles. The molecule has 0 unspecified atom stereocenters. The van der Waals surface area contributed by atoms with Crippen LogP contribution in [0.15, 0.2) is 23.1 Å². The molecule has 0 fully saturated rings. The molecule has 1 rings (SSSR count). The first kappa shape index (κ1) is 8.47. The molecule has 0 N–H and O–H groups in total. The zero-order valence-electron chi connectivity index (χ0n) is 6.79. The van der Waals surface area contributed by atoms with E-state index in [0.29, 0.717) is 0 Å².